The van der Waals surface area contributed by atoms with Crippen LogP contribution in [0.25, 0.3) is 0 Å². The molecule has 3 rings (SSSR count). The first-order chi connectivity index (χ1) is 13.1. The van der Waals surface area contributed by atoms with Gasteiger partial charge in [0.15, 0.2) is 6.61 Å². The monoisotopic (exact) mass is 406 g/mol. The lowest BCUT2D eigenvalue weighted by Gasteiger charge is -2.22. The number of nitrogens with two attached hydrogens (primary N) is 1. The van der Waals surface area contributed by atoms with Gasteiger partial charge in [-0.1, -0.05) is 6.07 Å². The van der Waals surface area contributed by atoms with Gasteiger partial charge in [0.1, 0.15) is 5.82 Å². The van der Waals surface area contributed by atoms with Crippen LogP contribution in [0.2, 0.25) is 0 Å². The highest BCUT2D eigenvalue weighted by molar-refractivity contribution is 7.89. The first-order valence-electron chi connectivity index (χ1n) is 8.49. The van der Waals surface area contributed by atoms with Crippen LogP contribution < -0.4 is 10.0 Å². The smallest absolute Gasteiger partial charge is 0.339 e. The molecule has 9 heteroatoms. The molecule has 28 heavy (non-hydrogen) atoms. The first kappa shape index (κ1) is 20.0. The summed E-state index contributed by atoms with van der Waals surface area (Å²) in [6, 6.07) is 7.78. The van der Waals surface area contributed by atoms with Gasteiger partial charge in [-0.15, -0.1) is 0 Å². The van der Waals surface area contributed by atoms with Crippen LogP contribution in [-0.2, 0) is 26.0 Å². The van der Waals surface area contributed by atoms with E-state index in [4.69, 9.17) is 9.88 Å². The Morgan fingerprint density at radius 1 is 1.25 bits per heavy atom. The minimum atomic E-state index is -3.84. The Labute approximate surface area is 161 Å². The molecule has 0 radical (unpaired) electrons. The topological polar surface area (TPSA) is 107 Å². The number of halogens is 1. The number of carbonyl (C=O) groups is 2. The van der Waals surface area contributed by atoms with Gasteiger partial charge in [0, 0.05) is 11.7 Å². The second kappa shape index (κ2) is 7.33. The van der Waals surface area contributed by atoms with E-state index in [0.717, 1.165) is 6.07 Å². The van der Waals surface area contributed by atoms with Crippen LogP contribution in [-0.4, -0.2) is 32.9 Å². The molecule has 0 saturated heterocycles. The minimum absolute atomic E-state index is 0.0271. The summed E-state index contributed by atoms with van der Waals surface area (Å²) in [6.07, 6.45) is 0.446. The zero-order chi connectivity index (χ0) is 20.6. The van der Waals surface area contributed by atoms with Crippen molar-refractivity contribution in [2.75, 3.05) is 11.5 Å². The molecule has 0 saturated carbocycles. The molecular formula is C19H19FN2O5S. The molecular weight excluding hydrogens is 387 g/mol. The summed E-state index contributed by atoms with van der Waals surface area (Å²) in [7, 11) is -3.84. The van der Waals surface area contributed by atoms with E-state index in [9.17, 15) is 22.4 Å². The molecule has 0 fully saturated rings. The zero-order valence-corrected chi connectivity index (χ0v) is 16.1. The van der Waals surface area contributed by atoms with Crippen LogP contribution >= 0.6 is 0 Å². The number of ether oxygens (including phenoxy) is 1. The number of rotatable bonds is 4. The van der Waals surface area contributed by atoms with Crippen LogP contribution in [0.1, 0.15) is 28.4 Å². The molecule has 1 atom stereocenters. The Bertz CT molecular complexity index is 1070. The maximum absolute atomic E-state index is 13.4. The lowest BCUT2D eigenvalue weighted by Crippen LogP contribution is -2.38. The number of benzene rings is 2. The Morgan fingerprint density at radius 2 is 1.96 bits per heavy atom. The molecule has 0 spiro atoms. The number of aryl methyl sites for hydroxylation is 1. The highest BCUT2D eigenvalue weighted by Crippen LogP contribution is 2.33. The van der Waals surface area contributed by atoms with Gasteiger partial charge in [0.25, 0.3) is 5.91 Å². The standard InChI is InChI=1S/C19H19FN2O5S/c1-11-3-4-14(20)9-16(11)19(24)27-10-18(23)22-12(2)7-13-8-15(28(21,25)26)5-6-17(13)22/h3-6,8-9,12H,7,10H2,1-2H3,(H2,21,25,26)/t12-/m1/s1. The first-order valence-corrected chi connectivity index (χ1v) is 10.0. The Morgan fingerprint density at radius 3 is 2.64 bits per heavy atom. The Balaban J connectivity index is 1.75. The molecule has 2 N–H and O–H groups in total. The molecule has 0 unspecified atom stereocenters. The molecule has 2 aromatic carbocycles. The molecule has 1 heterocycles. The summed E-state index contributed by atoms with van der Waals surface area (Å²) >= 11 is 0. The van der Waals surface area contributed by atoms with Crippen molar-refractivity contribution < 1.29 is 27.1 Å². The van der Waals surface area contributed by atoms with Crippen LogP contribution in [0.4, 0.5) is 10.1 Å². The average molecular weight is 406 g/mol. The lowest BCUT2D eigenvalue weighted by molar-refractivity contribution is -0.122. The second-order valence-electron chi connectivity index (χ2n) is 6.69. The van der Waals surface area contributed by atoms with Gasteiger partial charge in [0.05, 0.1) is 10.5 Å². The summed E-state index contributed by atoms with van der Waals surface area (Å²) in [6.45, 7) is 2.92. The fourth-order valence-corrected chi connectivity index (χ4v) is 3.82. The molecule has 0 aliphatic carbocycles. The number of sulfonamides is 1. The van der Waals surface area contributed by atoms with Gasteiger partial charge in [-0.25, -0.2) is 22.7 Å². The van der Waals surface area contributed by atoms with Crippen molar-refractivity contribution in [3.63, 3.8) is 0 Å². The second-order valence-corrected chi connectivity index (χ2v) is 8.25. The third kappa shape index (κ3) is 3.90. The SMILES string of the molecule is Cc1ccc(F)cc1C(=O)OCC(=O)N1c2ccc(S(N)(=O)=O)cc2C[C@H]1C. The highest BCUT2D eigenvalue weighted by atomic mass is 32.2. The van der Waals surface area contributed by atoms with Crippen LogP contribution in [0.15, 0.2) is 41.3 Å². The van der Waals surface area contributed by atoms with E-state index in [1.807, 2.05) is 0 Å². The number of esters is 1. The predicted molar refractivity (Wildman–Crippen MR) is 99.9 cm³/mol. The van der Waals surface area contributed by atoms with E-state index in [1.54, 1.807) is 13.8 Å². The van der Waals surface area contributed by atoms with Gasteiger partial charge in [0.2, 0.25) is 10.0 Å². The largest absolute Gasteiger partial charge is 0.452 e. The molecule has 148 valence electrons. The van der Waals surface area contributed by atoms with Crippen molar-refractivity contribution in [3.8, 4) is 0 Å². The quantitative estimate of drug-likeness (QED) is 0.781. The summed E-state index contributed by atoms with van der Waals surface area (Å²) < 4.78 is 41.4. The predicted octanol–water partition coefficient (Wildman–Crippen LogP) is 1.92. The number of nitrogens with zero attached hydrogens (tertiary/aromatic N) is 1. The number of carbonyl (C=O) groups excluding carboxylic acids is 2. The van der Waals surface area contributed by atoms with Gasteiger partial charge in [-0.2, -0.15) is 0 Å². The summed E-state index contributed by atoms with van der Waals surface area (Å²) in [5.41, 5.74) is 1.80. The molecule has 0 bridgehead atoms. The number of anilines is 1. The van der Waals surface area contributed by atoms with Crippen molar-refractivity contribution in [1.82, 2.24) is 0 Å². The van der Waals surface area contributed by atoms with Gasteiger partial charge >= 0.3 is 5.97 Å². The molecule has 1 aliphatic heterocycles. The fourth-order valence-electron chi connectivity index (χ4n) is 3.25. The maximum atomic E-state index is 13.4. The van der Waals surface area contributed by atoms with E-state index < -0.39 is 34.3 Å². The highest BCUT2D eigenvalue weighted by Gasteiger charge is 2.32. The normalized spacial score (nSPS) is 16.0. The number of hydrogen-bond donors (Lipinski definition) is 1. The molecule has 0 aromatic heterocycles. The van der Waals surface area contributed by atoms with Crippen molar-refractivity contribution in [2.24, 2.45) is 5.14 Å². The van der Waals surface area contributed by atoms with Gasteiger partial charge in [-0.3, -0.25) is 4.79 Å². The molecule has 2 aromatic rings. The van der Waals surface area contributed by atoms with Crippen LogP contribution in [0.3, 0.4) is 0 Å². The number of fused-ring (bicyclic) bond motifs is 1. The third-order valence-corrected chi connectivity index (χ3v) is 5.52. The molecule has 1 amide bonds. The number of primary sulfonamides is 1. The fraction of sp³-hybridized carbons (Fsp3) is 0.263. The minimum Gasteiger partial charge on any atom is -0.452 e. The van der Waals surface area contributed by atoms with Gasteiger partial charge < -0.3 is 9.64 Å². The van der Waals surface area contributed by atoms with E-state index in [-0.39, 0.29) is 16.5 Å². The van der Waals surface area contributed by atoms with Crippen LogP contribution in [0, 0.1) is 12.7 Å². The van der Waals surface area contributed by atoms with Crippen molar-refractivity contribution in [2.45, 2.75) is 31.2 Å². The Kier molecular flexibility index (Phi) is 5.22. The number of hydrogen-bond acceptors (Lipinski definition) is 5. The summed E-state index contributed by atoms with van der Waals surface area (Å²) in [4.78, 5) is 26.2. The lowest BCUT2D eigenvalue weighted by atomic mass is 10.1. The maximum Gasteiger partial charge on any atom is 0.339 e. The van der Waals surface area contributed by atoms with E-state index in [0.29, 0.717) is 23.2 Å². The zero-order valence-electron chi connectivity index (χ0n) is 15.3. The van der Waals surface area contributed by atoms with Crippen LogP contribution in [0.5, 0.6) is 0 Å². The van der Waals surface area contributed by atoms with Crippen molar-refractivity contribution in [3.05, 3.63) is 58.9 Å². The summed E-state index contributed by atoms with van der Waals surface area (Å²) in [5, 5.41) is 5.15. The van der Waals surface area contributed by atoms with E-state index in [1.165, 1.54) is 35.2 Å². The summed E-state index contributed by atoms with van der Waals surface area (Å²) in [5.74, 6) is -1.82. The van der Waals surface area contributed by atoms with Crippen molar-refractivity contribution >= 4 is 27.6 Å². The van der Waals surface area contributed by atoms with E-state index >= 15 is 0 Å². The van der Waals surface area contributed by atoms with E-state index in [2.05, 4.69) is 0 Å². The Hall–Kier alpha value is -2.78. The molecule has 1 aliphatic rings. The molecule has 7 nitrogen and oxygen atoms in total. The van der Waals surface area contributed by atoms with Gasteiger partial charge in [-0.05, 0) is 61.7 Å². The third-order valence-electron chi connectivity index (χ3n) is 4.61. The average Bonchev–Trinajstić information content (AvgIpc) is 2.95. The van der Waals surface area contributed by atoms with Crippen molar-refractivity contribution in [1.29, 1.82) is 0 Å². The number of amides is 1.